The van der Waals surface area contributed by atoms with Gasteiger partial charge in [-0.15, -0.1) is 0 Å². The van der Waals surface area contributed by atoms with E-state index in [4.69, 9.17) is 0 Å². The lowest BCUT2D eigenvalue weighted by atomic mass is 11.0. The van der Waals surface area contributed by atoms with E-state index in [-0.39, 0.29) is 0 Å². The van der Waals surface area contributed by atoms with Gasteiger partial charge in [-0.1, -0.05) is 11.8 Å². The lowest BCUT2D eigenvalue weighted by molar-refractivity contribution is 1.58. The average Bonchev–Trinajstić information content (AvgIpc) is 1.76. The highest BCUT2D eigenvalue weighted by molar-refractivity contribution is 8.22. The fourth-order valence-corrected chi connectivity index (χ4v) is 2.17. The van der Waals surface area contributed by atoms with Crippen molar-refractivity contribution in [1.82, 2.24) is 0 Å². The van der Waals surface area contributed by atoms with Crippen molar-refractivity contribution in [2.45, 2.75) is 0 Å². The standard InChI is InChI=1S/C3H5S2/c1-2-5-3-4-1/h3H,1-2H2/q+1. The first kappa shape index (κ1) is 3.62. The van der Waals surface area contributed by atoms with Crippen LogP contribution in [0, 0.1) is 0 Å². The Hall–Kier alpha value is 0.440. The van der Waals surface area contributed by atoms with Gasteiger partial charge in [-0.25, -0.2) is 0 Å². The summed E-state index contributed by atoms with van der Waals surface area (Å²) in [5.41, 5.74) is 0. The van der Waals surface area contributed by atoms with Crippen molar-refractivity contribution in [3.8, 4) is 0 Å². The first-order chi connectivity index (χ1) is 2.50. The minimum Gasteiger partial charge on any atom is -0.0677 e. The first-order valence-corrected chi connectivity index (χ1v) is 3.65. The summed E-state index contributed by atoms with van der Waals surface area (Å²) < 4.78 is 2.19. The van der Waals surface area contributed by atoms with Gasteiger partial charge in [0, 0.05) is 0 Å². The van der Waals surface area contributed by atoms with Crippen LogP contribution in [0.2, 0.25) is 0 Å². The minimum atomic E-state index is 1.32. The molecule has 2 heteroatoms. The maximum absolute atomic E-state index is 2.19. The highest BCUT2D eigenvalue weighted by Crippen LogP contribution is 1.97. The number of hydrogen-bond donors (Lipinski definition) is 0. The molecule has 0 saturated heterocycles. The van der Waals surface area contributed by atoms with Crippen molar-refractivity contribution in [3.63, 3.8) is 0 Å². The van der Waals surface area contributed by atoms with Crippen LogP contribution in [0.15, 0.2) is 0 Å². The summed E-state index contributed by atoms with van der Waals surface area (Å²) >= 11 is 3.82. The highest BCUT2D eigenvalue weighted by atomic mass is 32.2. The van der Waals surface area contributed by atoms with Crippen molar-refractivity contribution in [1.29, 1.82) is 0 Å². The van der Waals surface area contributed by atoms with Crippen molar-refractivity contribution in [3.05, 3.63) is 0 Å². The van der Waals surface area contributed by atoms with E-state index in [1.807, 2.05) is 23.1 Å². The Bertz CT molecular complexity index is 42.9. The second-order valence-corrected chi connectivity index (χ2v) is 3.09. The minimum absolute atomic E-state index is 1.32. The van der Waals surface area contributed by atoms with Gasteiger partial charge < -0.3 is 0 Å². The Morgan fingerprint density at radius 2 is 2.80 bits per heavy atom. The van der Waals surface area contributed by atoms with E-state index in [0.29, 0.717) is 0 Å². The average molecular weight is 105 g/mol. The van der Waals surface area contributed by atoms with Crippen molar-refractivity contribution < 1.29 is 0 Å². The molecule has 1 aliphatic heterocycles. The van der Waals surface area contributed by atoms with E-state index in [0.717, 1.165) is 0 Å². The molecule has 0 aromatic heterocycles. The van der Waals surface area contributed by atoms with Crippen LogP contribution in [0.1, 0.15) is 0 Å². The Labute approximate surface area is 39.9 Å². The van der Waals surface area contributed by atoms with Gasteiger partial charge in [-0.2, -0.15) is 0 Å². The summed E-state index contributed by atoms with van der Waals surface area (Å²) in [7, 11) is 0. The molecule has 0 unspecified atom stereocenters. The first-order valence-electron chi connectivity index (χ1n) is 1.55. The Kier molecular flexibility index (Phi) is 1.29. The summed E-state index contributed by atoms with van der Waals surface area (Å²) in [5.74, 6) is 2.65. The molecule has 0 saturated carbocycles. The molecule has 28 valence electrons. The normalized spacial score (nSPS) is 20.8. The number of rotatable bonds is 0. The summed E-state index contributed by atoms with van der Waals surface area (Å²) in [6.45, 7) is 0. The van der Waals surface area contributed by atoms with E-state index < -0.39 is 0 Å². The molecule has 0 nitrogen and oxygen atoms in total. The van der Waals surface area contributed by atoms with Crippen molar-refractivity contribution in [2.24, 2.45) is 0 Å². The Morgan fingerprint density at radius 1 is 1.80 bits per heavy atom. The largest absolute Gasteiger partial charge is 0.222 e. The molecule has 0 bridgehead atoms. The van der Waals surface area contributed by atoms with E-state index in [2.05, 4.69) is 4.70 Å². The van der Waals surface area contributed by atoms with Gasteiger partial charge in [0.1, 0.15) is 0 Å². The molecule has 0 aliphatic carbocycles. The monoisotopic (exact) mass is 105 g/mol. The van der Waals surface area contributed by atoms with Gasteiger partial charge in [-0.3, -0.25) is 0 Å². The smallest absolute Gasteiger partial charge is 0.0677 e. The van der Waals surface area contributed by atoms with Crippen LogP contribution >= 0.6 is 11.8 Å². The predicted molar refractivity (Wildman–Crippen MR) is 30.8 cm³/mol. The van der Waals surface area contributed by atoms with Gasteiger partial charge in [0.25, 0.3) is 0 Å². The third-order valence-electron chi connectivity index (χ3n) is 0.455. The van der Waals surface area contributed by atoms with E-state index in [9.17, 15) is 0 Å². The molecule has 0 N–H and O–H groups in total. The van der Waals surface area contributed by atoms with E-state index in [1.165, 1.54) is 11.5 Å². The maximum atomic E-state index is 2.19. The molecule has 0 spiro atoms. The van der Waals surface area contributed by atoms with E-state index in [1.54, 1.807) is 0 Å². The zero-order chi connectivity index (χ0) is 3.54. The quantitative estimate of drug-likeness (QED) is 0.321. The van der Waals surface area contributed by atoms with Crippen LogP contribution < -0.4 is 0 Å². The zero-order valence-corrected chi connectivity index (χ0v) is 4.44. The molecule has 0 fully saturated rings. The molecular formula is C3H5S2+. The third-order valence-corrected chi connectivity index (χ3v) is 2.68. The summed E-state index contributed by atoms with van der Waals surface area (Å²) in [6.07, 6.45) is 0. The second kappa shape index (κ2) is 1.78. The molecule has 0 aromatic carbocycles. The van der Waals surface area contributed by atoms with Gasteiger partial charge in [0.05, 0.1) is 5.75 Å². The zero-order valence-electron chi connectivity index (χ0n) is 2.81. The lowest BCUT2D eigenvalue weighted by Gasteiger charge is -1.58. The van der Waals surface area contributed by atoms with Gasteiger partial charge in [0.15, 0.2) is 17.1 Å². The molecular weight excluding hydrogens is 100 g/mol. The van der Waals surface area contributed by atoms with Crippen LogP contribution in [0.3, 0.4) is 0 Å². The Balaban J connectivity index is 2.32. The second-order valence-electron chi connectivity index (χ2n) is 0.838. The SMILES string of the molecule is C1=[S+]CCS1. The van der Waals surface area contributed by atoms with Crippen LogP contribution in [-0.4, -0.2) is 16.2 Å². The topological polar surface area (TPSA) is 0 Å². The third kappa shape index (κ3) is 0.893. The number of hydrogen-bond acceptors (Lipinski definition) is 1. The molecule has 1 rings (SSSR count). The van der Waals surface area contributed by atoms with Crippen LogP contribution in [0.25, 0.3) is 0 Å². The predicted octanol–water partition coefficient (Wildman–Crippen LogP) is 0.576. The summed E-state index contributed by atoms with van der Waals surface area (Å²) in [4.78, 5) is 0. The van der Waals surface area contributed by atoms with Crippen molar-refractivity contribution >= 4 is 27.8 Å². The van der Waals surface area contributed by atoms with Gasteiger partial charge in [0.2, 0.25) is 4.70 Å². The molecule has 0 aromatic rings. The van der Waals surface area contributed by atoms with E-state index >= 15 is 0 Å². The van der Waals surface area contributed by atoms with Crippen LogP contribution in [-0.2, 0) is 11.4 Å². The van der Waals surface area contributed by atoms with Crippen LogP contribution in [0.5, 0.6) is 0 Å². The molecule has 0 radical (unpaired) electrons. The van der Waals surface area contributed by atoms with Crippen molar-refractivity contribution in [2.75, 3.05) is 11.5 Å². The fourth-order valence-electron chi connectivity index (χ4n) is 0.241. The Morgan fingerprint density at radius 3 is 3.00 bits per heavy atom. The molecule has 1 aliphatic rings. The maximum Gasteiger partial charge on any atom is 0.222 e. The lowest BCUT2D eigenvalue weighted by Crippen LogP contribution is -1.71. The summed E-state index contributed by atoms with van der Waals surface area (Å²) in [5, 5.41) is 0. The highest BCUT2D eigenvalue weighted by Gasteiger charge is 2.01. The number of thioether (sulfide) groups is 1. The molecule has 5 heavy (non-hydrogen) atoms. The molecule has 0 amide bonds. The van der Waals surface area contributed by atoms with Gasteiger partial charge in [-0.05, 0) is 0 Å². The molecule has 0 atom stereocenters. The molecule has 1 heterocycles. The van der Waals surface area contributed by atoms with Gasteiger partial charge >= 0.3 is 0 Å². The summed E-state index contributed by atoms with van der Waals surface area (Å²) in [6, 6.07) is 0. The van der Waals surface area contributed by atoms with Crippen LogP contribution in [0.4, 0.5) is 0 Å². The fraction of sp³-hybridized carbons (Fsp3) is 0.667.